The zero-order valence-corrected chi connectivity index (χ0v) is 9.02. The second-order valence-corrected chi connectivity index (χ2v) is 4.65. The highest BCUT2D eigenvalue weighted by molar-refractivity contribution is 5.89. The lowest BCUT2D eigenvalue weighted by Gasteiger charge is -2.25. The van der Waals surface area contributed by atoms with E-state index < -0.39 is 0 Å². The third kappa shape index (κ3) is 2.53. The van der Waals surface area contributed by atoms with E-state index in [4.69, 9.17) is 0 Å². The normalized spacial score (nSPS) is 23.5. The maximum atomic E-state index is 12.0. The third-order valence-electron chi connectivity index (χ3n) is 2.92. The number of hydrogen-bond acceptors (Lipinski definition) is 2. The topological polar surface area (TPSA) is 29.1 Å². The molecule has 0 aromatic rings. The monoisotopic (exact) mass is 183 g/mol. The number of carbonyl (C=O) groups is 1. The van der Waals surface area contributed by atoms with Crippen LogP contribution in [0.5, 0.6) is 0 Å². The number of hydrogen-bond donors (Lipinski definition) is 1. The molecule has 1 rings (SSSR count). The lowest BCUT2D eigenvalue weighted by atomic mass is 9.80. The van der Waals surface area contributed by atoms with Gasteiger partial charge in [0.05, 0.1) is 6.04 Å². The van der Waals surface area contributed by atoms with E-state index in [1.807, 2.05) is 0 Å². The molecule has 1 heterocycles. The molecule has 0 aromatic carbocycles. The molecule has 0 amide bonds. The summed E-state index contributed by atoms with van der Waals surface area (Å²) in [5.74, 6) is 0.409. The molecule has 2 heteroatoms. The molecule has 0 radical (unpaired) electrons. The standard InChI is InChI=1S/C11H21NO/c1-4-7-11(2,3)10(13)9-6-5-8-12-9/h9,12H,4-8H2,1-3H3. The van der Waals surface area contributed by atoms with Gasteiger partial charge in [-0.2, -0.15) is 0 Å². The predicted molar refractivity (Wildman–Crippen MR) is 54.7 cm³/mol. The lowest BCUT2D eigenvalue weighted by Crippen LogP contribution is -2.40. The summed E-state index contributed by atoms with van der Waals surface area (Å²) in [5.41, 5.74) is -0.128. The van der Waals surface area contributed by atoms with Crippen molar-refractivity contribution in [2.75, 3.05) is 6.54 Å². The van der Waals surface area contributed by atoms with Crippen molar-refractivity contribution in [1.82, 2.24) is 5.32 Å². The van der Waals surface area contributed by atoms with E-state index in [2.05, 4.69) is 26.1 Å². The molecular weight excluding hydrogens is 162 g/mol. The fraction of sp³-hybridized carbons (Fsp3) is 0.909. The molecule has 1 unspecified atom stereocenters. The summed E-state index contributed by atoms with van der Waals surface area (Å²) in [6, 6.07) is 0.140. The van der Waals surface area contributed by atoms with Crippen LogP contribution in [0, 0.1) is 5.41 Å². The number of Topliss-reactive ketones (excluding diaryl/α,β-unsaturated/α-hetero) is 1. The van der Waals surface area contributed by atoms with Crippen LogP contribution in [0.2, 0.25) is 0 Å². The third-order valence-corrected chi connectivity index (χ3v) is 2.92. The molecule has 13 heavy (non-hydrogen) atoms. The summed E-state index contributed by atoms with van der Waals surface area (Å²) in [4.78, 5) is 12.0. The van der Waals surface area contributed by atoms with Crippen LogP contribution in [0.3, 0.4) is 0 Å². The van der Waals surface area contributed by atoms with Gasteiger partial charge in [0.2, 0.25) is 0 Å². The summed E-state index contributed by atoms with van der Waals surface area (Å²) in [6.07, 6.45) is 4.28. The van der Waals surface area contributed by atoms with Crippen molar-refractivity contribution < 1.29 is 4.79 Å². The molecule has 1 aliphatic rings. The zero-order valence-electron chi connectivity index (χ0n) is 9.02. The summed E-state index contributed by atoms with van der Waals surface area (Å²) in [7, 11) is 0. The fourth-order valence-electron chi connectivity index (χ4n) is 2.13. The van der Waals surface area contributed by atoms with Crippen LogP contribution in [-0.4, -0.2) is 18.4 Å². The first-order valence-electron chi connectivity index (χ1n) is 5.35. The van der Waals surface area contributed by atoms with Crippen molar-refractivity contribution in [3.63, 3.8) is 0 Å². The molecule has 1 fully saturated rings. The van der Waals surface area contributed by atoms with Gasteiger partial charge in [-0.15, -0.1) is 0 Å². The Hall–Kier alpha value is -0.370. The van der Waals surface area contributed by atoms with E-state index in [9.17, 15) is 4.79 Å². The minimum absolute atomic E-state index is 0.128. The number of rotatable bonds is 4. The van der Waals surface area contributed by atoms with Gasteiger partial charge >= 0.3 is 0 Å². The lowest BCUT2D eigenvalue weighted by molar-refractivity contribution is -0.129. The fourth-order valence-corrected chi connectivity index (χ4v) is 2.13. The molecule has 0 bridgehead atoms. The minimum atomic E-state index is -0.128. The highest BCUT2D eigenvalue weighted by Gasteiger charge is 2.33. The SMILES string of the molecule is CCCC(C)(C)C(=O)C1CCCN1. The van der Waals surface area contributed by atoms with Gasteiger partial charge in [-0.05, 0) is 25.8 Å². The van der Waals surface area contributed by atoms with Crippen molar-refractivity contribution in [1.29, 1.82) is 0 Å². The predicted octanol–water partition coefficient (Wildman–Crippen LogP) is 2.13. The van der Waals surface area contributed by atoms with Gasteiger partial charge in [0.1, 0.15) is 0 Å². The van der Waals surface area contributed by atoms with Gasteiger partial charge in [-0.1, -0.05) is 27.2 Å². The summed E-state index contributed by atoms with van der Waals surface area (Å²) >= 11 is 0. The minimum Gasteiger partial charge on any atom is -0.307 e. The van der Waals surface area contributed by atoms with E-state index in [1.54, 1.807) is 0 Å². The summed E-state index contributed by atoms with van der Waals surface area (Å²) in [5, 5.41) is 3.27. The molecule has 76 valence electrons. The van der Waals surface area contributed by atoms with E-state index in [-0.39, 0.29) is 11.5 Å². The van der Waals surface area contributed by atoms with Crippen LogP contribution >= 0.6 is 0 Å². The van der Waals surface area contributed by atoms with E-state index in [0.29, 0.717) is 5.78 Å². The van der Waals surface area contributed by atoms with Crippen LogP contribution < -0.4 is 5.32 Å². The average molecular weight is 183 g/mol. The molecule has 1 saturated heterocycles. The summed E-state index contributed by atoms with van der Waals surface area (Å²) < 4.78 is 0. The van der Waals surface area contributed by atoms with Crippen LogP contribution in [0.1, 0.15) is 46.5 Å². The van der Waals surface area contributed by atoms with Crippen LogP contribution in [-0.2, 0) is 4.79 Å². The van der Waals surface area contributed by atoms with Crippen molar-refractivity contribution in [3.05, 3.63) is 0 Å². The average Bonchev–Trinajstić information content (AvgIpc) is 2.54. The smallest absolute Gasteiger partial charge is 0.155 e. The highest BCUT2D eigenvalue weighted by atomic mass is 16.1. The number of carbonyl (C=O) groups excluding carboxylic acids is 1. The van der Waals surface area contributed by atoms with Gasteiger partial charge in [0.25, 0.3) is 0 Å². The number of nitrogens with one attached hydrogen (secondary N) is 1. The number of ketones is 1. The first-order chi connectivity index (χ1) is 6.08. The largest absolute Gasteiger partial charge is 0.307 e. The first kappa shape index (κ1) is 10.7. The Balaban J connectivity index is 2.53. The Morgan fingerprint density at radius 1 is 1.54 bits per heavy atom. The Kier molecular flexibility index (Phi) is 3.48. The maximum Gasteiger partial charge on any atom is 0.155 e. The Morgan fingerprint density at radius 2 is 2.23 bits per heavy atom. The van der Waals surface area contributed by atoms with Gasteiger partial charge < -0.3 is 5.32 Å². The quantitative estimate of drug-likeness (QED) is 0.723. The molecule has 0 aromatic heterocycles. The molecule has 2 nitrogen and oxygen atoms in total. The first-order valence-corrected chi connectivity index (χ1v) is 5.35. The van der Waals surface area contributed by atoms with Crippen LogP contribution in [0.25, 0.3) is 0 Å². The van der Waals surface area contributed by atoms with Gasteiger partial charge in [-0.3, -0.25) is 4.79 Å². The Labute approximate surface area is 81.1 Å². The zero-order chi connectivity index (χ0) is 9.90. The molecule has 1 N–H and O–H groups in total. The highest BCUT2D eigenvalue weighted by Crippen LogP contribution is 2.27. The second-order valence-electron chi connectivity index (χ2n) is 4.65. The molecular formula is C11H21NO. The van der Waals surface area contributed by atoms with E-state index in [0.717, 1.165) is 32.2 Å². The van der Waals surface area contributed by atoms with Gasteiger partial charge in [-0.25, -0.2) is 0 Å². The van der Waals surface area contributed by atoms with Crippen molar-refractivity contribution in [2.45, 2.75) is 52.5 Å². The van der Waals surface area contributed by atoms with Crippen LogP contribution in [0.15, 0.2) is 0 Å². The van der Waals surface area contributed by atoms with Gasteiger partial charge in [0.15, 0.2) is 5.78 Å². The second kappa shape index (κ2) is 4.23. The molecule has 1 aliphatic heterocycles. The molecule has 0 aliphatic carbocycles. The van der Waals surface area contributed by atoms with Crippen molar-refractivity contribution >= 4 is 5.78 Å². The van der Waals surface area contributed by atoms with E-state index in [1.165, 1.54) is 0 Å². The molecule has 0 saturated carbocycles. The molecule has 1 atom stereocenters. The maximum absolute atomic E-state index is 12.0. The Morgan fingerprint density at radius 3 is 2.69 bits per heavy atom. The Bertz CT molecular complexity index is 181. The van der Waals surface area contributed by atoms with E-state index >= 15 is 0 Å². The van der Waals surface area contributed by atoms with Gasteiger partial charge in [0, 0.05) is 5.41 Å². The van der Waals surface area contributed by atoms with Crippen molar-refractivity contribution in [2.24, 2.45) is 5.41 Å². The summed E-state index contributed by atoms with van der Waals surface area (Å²) in [6.45, 7) is 7.29. The van der Waals surface area contributed by atoms with Crippen LogP contribution in [0.4, 0.5) is 0 Å². The van der Waals surface area contributed by atoms with Crippen molar-refractivity contribution in [3.8, 4) is 0 Å². The molecule has 0 spiro atoms.